The number of nitro groups is 1. The van der Waals surface area contributed by atoms with E-state index in [9.17, 15) is 19.3 Å². The highest BCUT2D eigenvalue weighted by Gasteiger charge is 2.33. The zero-order valence-electron chi connectivity index (χ0n) is 11.3. The molecule has 1 aliphatic rings. The number of rotatable bonds is 2. The van der Waals surface area contributed by atoms with E-state index < -0.39 is 10.7 Å². The number of carbonyl (C=O) groups is 1. The van der Waals surface area contributed by atoms with Crippen molar-refractivity contribution in [2.45, 2.75) is 6.42 Å². The molecular weight excluding hydrogens is 355 g/mol. The van der Waals surface area contributed by atoms with Crippen molar-refractivity contribution < 1.29 is 14.1 Å². The van der Waals surface area contributed by atoms with Crippen LogP contribution in [-0.4, -0.2) is 17.4 Å². The van der Waals surface area contributed by atoms with Gasteiger partial charge in [-0.3, -0.25) is 14.9 Å². The van der Waals surface area contributed by atoms with Crippen LogP contribution >= 0.6 is 15.9 Å². The predicted octanol–water partition coefficient (Wildman–Crippen LogP) is 3.70. The number of hydrogen-bond donors (Lipinski definition) is 0. The van der Waals surface area contributed by atoms with Gasteiger partial charge in [0, 0.05) is 22.6 Å². The summed E-state index contributed by atoms with van der Waals surface area (Å²) < 4.78 is 13.6. The van der Waals surface area contributed by atoms with Crippen molar-refractivity contribution in [1.82, 2.24) is 0 Å². The van der Waals surface area contributed by atoms with Crippen molar-refractivity contribution in [3.05, 3.63) is 67.9 Å². The third-order valence-corrected chi connectivity index (χ3v) is 4.00. The molecule has 0 radical (unpaired) electrons. The molecule has 5 nitrogen and oxygen atoms in total. The van der Waals surface area contributed by atoms with E-state index in [0.717, 1.165) is 5.56 Å². The Hall–Kier alpha value is -2.28. The lowest BCUT2D eigenvalue weighted by molar-refractivity contribution is -0.384. The van der Waals surface area contributed by atoms with Crippen LogP contribution in [0.15, 0.2) is 40.9 Å². The van der Waals surface area contributed by atoms with Crippen molar-refractivity contribution in [3.63, 3.8) is 0 Å². The molecule has 0 aromatic heterocycles. The molecule has 112 valence electrons. The minimum absolute atomic E-state index is 0.114. The first-order valence-corrected chi connectivity index (χ1v) is 7.31. The van der Waals surface area contributed by atoms with Gasteiger partial charge in [0.1, 0.15) is 11.5 Å². The maximum absolute atomic E-state index is 13.0. The molecule has 0 aliphatic carbocycles. The van der Waals surface area contributed by atoms with Gasteiger partial charge in [0.05, 0.1) is 4.92 Å². The maximum Gasteiger partial charge on any atom is 0.294 e. The number of hydrogen-bond acceptors (Lipinski definition) is 3. The summed E-state index contributed by atoms with van der Waals surface area (Å²) in [6, 6.07) is 8.30. The quantitative estimate of drug-likeness (QED) is 0.602. The van der Waals surface area contributed by atoms with Gasteiger partial charge in [-0.1, -0.05) is 15.9 Å². The van der Waals surface area contributed by atoms with Gasteiger partial charge < -0.3 is 4.90 Å². The van der Waals surface area contributed by atoms with Crippen molar-refractivity contribution in [2.75, 3.05) is 11.4 Å². The third-order valence-electron chi connectivity index (χ3n) is 3.54. The number of nitrogens with zero attached hydrogens (tertiary/aromatic N) is 2. The molecule has 0 spiro atoms. The molecule has 0 fully saturated rings. The van der Waals surface area contributed by atoms with E-state index in [1.165, 1.54) is 35.2 Å². The SMILES string of the molecule is O=C(c1ccc(F)cc1)N1CCc2cc(Br)cc([N+](=O)[O-])c21. The molecule has 2 aromatic carbocycles. The molecular formula is C15H10BrFN2O3. The average molecular weight is 365 g/mol. The van der Waals surface area contributed by atoms with Gasteiger partial charge >= 0.3 is 0 Å². The average Bonchev–Trinajstić information content (AvgIpc) is 2.89. The Bertz CT molecular complexity index is 777. The summed E-state index contributed by atoms with van der Waals surface area (Å²) in [4.78, 5) is 24.7. The molecule has 0 saturated heterocycles. The largest absolute Gasteiger partial charge is 0.302 e. The van der Waals surface area contributed by atoms with Crippen LogP contribution in [0.5, 0.6) is 0 Å². The fourth-order valence-electron chi connectivity index (χ4n) is 2.58. The number of carbonyl (C=O) groups excluding carboxylic acids is 1. The van der Waals surface area contributed by atoms with Gasteiger partial charge in [-0.05, 0) is 42.3 Å². The molecule has 0 N–H and O–H groups in total. The van der Waals surface area contributed by atoms with Gasteiger partial charge in [-0.25, -0.2) is 4.39 Å². The zero-order chi connectivity index (χ0) is 15.9. The molecule has 1 amide bonds. The van der Waals surface area contributed by atoms with E-state index in [2.05, 4.69) is 15.9 Å². The topological polar surface area (TPSA) is 63.5 Å². The van der Waals surface area contributed by atoms with E-state index in [-0.39, 0.29) is 11.6 Å². The monoisotopic (exact) mass is 364 g/mol. The lowest BCUT2D eigenvalue weighted by atomic mass is 10.1. The lowest BCUT2D eigenvalue weighted by Gasteiger charge is -2.17. The molecule has 2 aromatic rings. The Morgan fingerprint density at radius 3 is 2.59 bits per heavy atom. The van der Waals surface area contributed by atoms with Gasteiger partial charge in [0.15, 0.2) is 0 Å². The second kappa shape index (κ2) is 5.49. The van der Waals surface area contributed by atoms with Crippen LogP contribution in [0.1, 0.15) is 15.9 Å². The first-order valence-electron chi connectivity index (χ1n) is 6.51. The lowest BCUT2D eigenvalue weighted by Crippen LogP contribution is -2.29. The fourth-order valence-corrected chi connectivity index (χ4v) is 3.07. The normalized spacial score (nSPS) is 13.1. The summed E-state index contributed by atoms with van der Waals surface area (Å²) in [6.07, 6.45) is 0.544. The smallest absolute Gasteiger partial charge is 0.294 e. The molecule has 7 heteroatoms. The van der Waals surface area contributed by atoms with E-state index in [1.54, 1.807) is 6.07 Å². The second-order valence-corrected chi connectivity index (χ2v) is 5.82. The molecule has 3 rings (SSSR count). The Balaban J connectivity index is 2.05. The predicted molar refractivity (Wildman–Crippen MR) is 82.6 cm³/mol. The summed E-state index contributed by atoms with van der Waals surface area (Å²) in [6.45, 7) is 0.364. The Morgan fingerprint density at radius 1 is 1.27 bits per heavy atom. The highest BCUT2D eigenvalue weighted by molar-refractivity contribution is 9.10. The van der Waals surface area contributed by atoms with E-state index in [4.69, 9.17) is 0 Å². The van der Waals surface area contributed by atoms with Gasteiger partial charge in [0.2, 0.25) is 0 Å². The summed E-state index contributed by atoms with van der Waals surface area (Å²) in [7, 11) is 0. The van der Waals surface area contributed by atoms with Crippen molar-refractivity contribution in [1.29, 1.82) is 0 Å². The highest BCUT2D eigenvalue weighted by atomic mass is 79.9. The second-order valence-electron chi connectivity index (χ2n) is 4.90. The molecule has 1 heterocycles. The number of benzene rings is 2. The molecule has 22 heavy (non-hydrogen) atoms. The van der Waals surface area contributed by atoms with E-state index >= 15 is 0 Å². The minimum atomic E-state index is -0.500. The van der Waals surface area contributed by atoms with Crippen molar-refractivity contribution in [2.24, 2.45) is 0 Å². The van der Waals surface area contributed by atoms with Gasteiger partial charge in [-0.15, -0.1) is 0 Å². The fraction of sp³-hybridized carbons (Fsp3) is 0.133. The molecule has 0 bridgehead atoms. The van der Waals surface area contributed by atoms with E-state index in [0.29, 0.717) is 28.7 Å². The highest BCUT2D eigenvalue weighted by Crippen LogP contribution is 2.40. The summed E-state index contributed by atoms with van der Waals surface area (Å²) in [5, 5.41) is 11.3. The number of amides is 1. The molecule has 0 unspecified atom stereocenters. The first kappa shape index (κ1) is 14.6. The third kappa shape index (κ3) is 2.48. The summed E-state index contributed by atoms with van der Waals surface area (Å²) >= 11 is 3.24. The molecule has 0 atom stereocenters. The van der Waals surface area contributed by atoms with Gasteiger partial charge in [0.25, 0.3) is 11.6 Å². The van der Waals surface area contributed by atoms with Crippen molar-refractivity contribution in [3.8, 4) is 0 Å². The van der Waals surface area contributed by atoms with Crippen LogP contribution in [0.25, 0.3) is 0 Å². The number of halogens is 2. The zero-order valence-corrected chi connectivity index (χ0v) is 12.8. The number of nitro benzene ring substituents is 1. The van der Waals surface area contributed by atoms with Crippen LogP contribution < -0.4 is 4.90 Å². The minimum Gasteiger partial charge on any atom is -0.302 e. The van der Waals surface area contributed by atoms with Gasteiger partial charge in [-0.2, -0.15) is 0 Å². The molecule has 0 saturated carbocycles. The Morgan fingerprint density at radius 2 is 1.95 bits per heavy atom. The van der Waals surface area contributed by atoms with Crippen LogP contribution in [0.3, 0.4) is 0 Å². The maximum atomic E-state index is 13.0. The van der Waals surface area contributed by atoms with Crippen molar-refractivity contribution >= 4 is 33.2 Å². The number of anilines is 1. The molecule has 1 aliphatic heterocycles. The Labute approximate surface area is 133 Å². The van der Waals surface area contributed by atoms with E-state index in [1.807, 2.05) is 0 Å². The first-order chi connectivity index (χ1) is 10.5. The number of fused-ring (bicyclic) bond motifs is 1. The van der Waals surface area contributed by atoms with Crippen LogP contribution in [-0.2, 0) is 6.42 Å². The summed E-state index contributed by atoms with van der Waals surface area (Å²) in [5.74, 6) is -0.808. The standard InChI is InChI=1S/C15H10BrFN2O3/c16-11-7-10-5-6-18(14(10)13(8-11)19(21)22)15(20)9-1-3-12(17)4-2-9/h1-4,7-8H,5-6H2. The Kier molecular flexibility index (Phi) is 3.66. The summed E-state index contributed by atoms with van der Waals surface area (Å²) in [5.41, 5.74) is 1.25. The van der Waals surface area contributed by atoms with Crippen LogP contribution in [0.4, 0.5) is 15.8 Å². The van der Waals surface area contributed by atoms with Crippen LogP contribution in [0, 0.1) is 15.9 Å². The van der Waals surface area contributed by atoms with Crippen LogP contribution in [0.2, 0.25) is 0 Å².